The third kappa shape index (κ3) is 24.2. The quantitative estimate of drug-likeness (QED) is 0.0175. The van der Waals surface area contributed by atoms with Gasteiger partial charge in [0.25, 0.3) is 0 Å². The fraction of sp³-hybridized carbons (Fsp3) is 0.650. The van der Waals surface area contributed by atoms with Crippen LogP contribution in [0.1, 0.15) is 142 Å². The van der Waals surface area contributed by atoms with Crippen molar-refractivity contribution in [1.29, 1.82) is 0 Å². The number of likely N-dealkylation sites (tertiary alicyclic amines) is 2. The molecule has 0 unspecified atom stereocenters. The van der Waals surface area contributed by atoms with E-state index in [1.54, 1.807) is 39.1 Å². The monoisotopic (exact) mass is 1290 g/mol. The first-order valence-corrected chi connectivity index (χ1v) is 31.9. The third-order valence-electron chi connectivity index (χ3n) is 16.2. The molecule has 512 valence electrons. The van der Waals surface area contributed by atoms with E-state index in [4.69, 9.17) is 45.9 Å². The Morgan fingerprint density at radius 1 is 0.576 bits per heavy atom. The zero-order chi connectivity index (χ0) is 68.0. The second-order valence-corrected chi connectivity index (χ2v) is 23.7. The molecule has 2 fully saturated rings. The third-order valence-corrected chi connectivity index (χ3v) is 16.2. The van der Waals surface area contributed by atoms with Crippen LogP contribution in [-0.2, 0) is 59.2 Å². The van der Waals surface area contributed by atoms with Crippen molar-refractivity contribution in [2.45, 2.75) is 203 Å². The molecule has 2 aliphatic rings. The highest BCUT2D eigenvalue weighted by atomic mass is 16.4. The lowest BCUT2D eigenvalue weighted by molar-refractivity contribution is -0.144. The van der Waals surface area contributed by atoms with E-state index in [9.17, 15) is 57.8 Å². The van der Waals surface area contributed by atoms with Gasteiger partial charge in [-0.3, -0.25) is 62.7 Å². The number of aliphatic carboxylic acids is 1. The maximum Gasteiger partial charge on any atom is 0.303 e. The molecule has 25 N–H and O–H groups in total. The Balaban J connectivity index is 1.55. The first-order valence-electron chi connectivity index (χ1n) is 31.9. The molecule has 4 rings (SSSR count). The van der Waals surface area contributed by atoms with Crippen LogP contribution in [0.2, 0.25) is 0 Å². The van der Waals surface area contributed by atoms with Crippen LogP contribution >= 0.6 is 0 Å². The lowest BCUT2D eigenvalue weighted by atomic mass is 10.0. The zero-order valence-corrected chi connectivity index (χ0v) is 53.3. The van der Waals surface area contributed by atoms with Gasteiger partial charge in [0.1, 0.15) is 54.4 Å². The van der Waals surface area contributed by atoms with Crippen molar-refractivity contribution >= 4 is 87.9 Å². The molecular weight excluding hydrogens is 1190 g/mol. The van der Waals surface area contributed by atoms with Crippen molar-refractivity contribution in [3.05, 3.63) is 36.0 Å². The van der Waals surface area contributed by atoms with Gasteiger partial charge in [-0.2, -0.15) is 0 Å². The standard InChI is InChI=1S/C60H100N20O12/c1-4-15-40(50(84)77-44(32-35-33-71-38-18-6-5-16-36(35)38)53(87)74-41(21-12-29-70-60(67)68)51(85)72-39(49(64)83)19-7-9-26-61)73-52(86)42(24-25-47(81)82)75-56(90)48(34(2)3)78-55(89)46-23-14-31-80(46)58(92)43(20-8-10-27-62)76-54(88)45-22-13-30-79(45)57(91)37(63)17-11-28-69-59(65)66/h5-6,16,18,33-34,37,39-46,48,71H,4,7-15,17,19-32,61-63H2,1-3H3,(H2,64,83)(H,72,85)(H,73,86)(H,74,87)(H,75,90)(H,76,88)(H,77,84)(H,78,89)(H,81,82)(H4,65,66,69)(H4,67,68,70)/t37-,39-,40-,41-,42-,43-,44-,45-,46-,48-/m0/s1. The van der Waals surface area contributed by atoms with Crippen LogP contribution in [-0.4, -0.2) is 197 Å². The number of aromatic amines is 1. The van der Waals surface area contributed by atoms with Gasteiger partial charge < -0.3 is 103 Å². The maximum atomic E-state index is 14.6. The number of primary amides is 1. The van der Waals surface area contributed by atoms with Crippen molar-refractivity contribution in [3.63, 3.8) is 0 Å². The van der Waals surface area contributed by atoms with Crippen LogP contribution in [0.4, 0.5) is 0 Å². The highest BCUT2D eigenvalue weighted by Gasteiger charge is 2.43. The topological polar surface area (TPSA) is 547 Å². The molecule has 32 heteroatoms. The van der Waals surface area contributed by atoms with Gasteiger partial charge in [-0.05, 0) is 133 Å². The van der Waals surface area contributed by atoms with Crippen LogP contribution in [0.3, 0.4) is 0 Å². The van der Waals surface area contributed by atoms with E-state index in [-0.39, 0.29) is 89.5 Å². The van der Waals surface area contributed by atoms with E-state index in [1.807, 2.05) is 12.1 Å². The van der Waals surface area contributed by atoms with Gasteiger partial charge >= 0.3 is 5.97 Å². The second-order valence-electron chi connectivity index (χ2n) is 23.7. The molecule has 92 heavy (non-hydrogen) atoms. The minimum Gasteiger partial charge on any atom is -0.481 e. The van der Waals surface area contributed by atoms with Crippen LogP contribution in [0, 0.1) is 5.92 Å². The summed E-state index contributed by atoms with van der Waals surface area (Å²) >= 11 is 0. The molecule has 1 aromatic carbocycles. The maximum absolute atomic E-state index is 14.6. The minimum absolute atomic E-state index is 0.0109. The normalized spacial score (nSPS) is 17.2. The van der Waals surface area contributed by atoms with Gasteiger partial charge in [-0.25, -0.2) is 0 Å². The van der Waals surface area contributed by atoms with Crippen molar-refractivity contribution in [1.82, 2.24) is 52.0 Å². The number of amides is 10. The summed E-state index contributed by atoms with van der Waals surface area (Å²) < 4.78 is 0. The molecule has 0 saturated carbocycles. The molecule has 1 aromatic heterocycles. The smallest absolute Gasteiger partial charge is 0.303 e. The fourth-order valence-corrected chi connectivity index (χ4v) is 11.2. The Morgan fingerprint density at radius 2 is 1.05 bits per heavy atom. The largest absolute Gasteiger partial charge is 0.481 e. The summed E-state index contributed by atoms with van der Waals surface area (Å²) in [4.78, 5) is 167. The number of hydrogen-bond acceptors (Lipinski definition) is 16. The van der Waals surface area contributed by atoms with Crippen molar-refractivity contribution < 1.29 is 57.8 Å². The number of aliphatic imine (C=N–C) groups is 2. The molecule has 2 saturated heterocycles. The number of carbonyl (C=O) groups excluding carboxylic acids is 10. The summed E-state index contributed by atoms with van der Waals surface area (Å²) in [6.07, 6.45) is 5.34. The molecule has 3 heterocycles. The number of hydrogen-bond donors (Lipinski definition) is 17. The fourth-order valence-electron chi connectivity index (χ4n) is 11.2. The Hall–Kier alpha value is -8.65. The number of carboxylic acid groups (broad SMARTS) is 1. The highest BCUT2D eigenvalue weighted by molar-refractivity contribution is 5.99. The number of benzene rings is 1. The molecule has 0 aliphatic carbocycles. The van der Waals surface area contributed by atoms with E-state index in [0.29, 0.717) is 76.4 Å². The SMILES string of the molecule is CCC[C@H](NC(=O)[C@H](CCC(=O)O)NC(=O)[C@@H](NC(=O)[C@@H]1CCCN1C(=O)[C@H](CCCCN)NC(=O)[C@@H]1CCCN1C(=O)[C@@H](N)CCCN=C(N)N)C(C)C)C(=O)N[C@@H](Cc1c[nH]c2ccccc12)C(=O)N[C@@H](CCCN=C(N)N)C(=O)N[C@@H](CCCCN)C(N)=O. The predicted molar refractivity (Wildman–Crippen MR) is 344 cm³/mol. The first kappa shape index (κ1) is 75.8. The van der Waals surface area contributed by atoms with Gasteiger partial charge in [0.15, 0.2) is 11.9 Å². The number of para-hydroxylation sites is 1. The van der Waals surface area contributed by atoms with Gasteiger partial charge in [-0.1, -0.05) is 45.4 Å². The average Bonchev–Trinajstić information content (AvgIpc) is 1.68. The molecule has 10 amide bonds. The predicted octanol–water partition coefficient (Wildman–Crippen LogP) is -3.42. The van der Waals surface area contributed by atoms with E-state index < -0.39 is 144 Å². The minimum atomic E-state index is -1.59. The molecular formula is C60H100N20O12. The van der Waals surface area contributed by atoms with Crippen LogP contribution in [0.25, 0.3) is 10.9 Å². The Kier molecular flexibility index (Phi) is 32.1. The zero-order valence-electron chi connectivity index (χ0n) is 53.3. The molecule has 2 aromatic rings. The van der Waals surface area contributed by atoms with E-state index in [2.05, 4.69) is 52.2 Å². The number of carbonyl (C=O) groups is 11. The number of nitrogens with one attached hydrogen (secondary N) is 8. The molecule has 0 bridgehead atoms. The van der Waals surface area contributed by atoms with Crippen LogP contribution < -0.4 is 83.1 Å². The Morgan fingerprint density at radius 3 is 1.60 bits per heavy atom. The lowest BCUT2D eigenvalue weighted by Gasteiger charge is -2.32. The summed E-state index contributed by atoms with van der Waals surface area (Å²) in [5.41, 5.74) is 46.6. The van der Waals surface area contributed by atoms with Crippen molar-refractivity contribution in [2.75, 3.05) is 39.3 Å². The number of H-pyrrole nitrogens is 1. The van der Waals surface area contributed by atoms with Crippen molar-refractivity contribution in [2.24, 2.45) is 61.8 Å². The number of fused-ring (bicyclic) bond motifs is 1. The Bertz CT molecular complexity index is 2880. The molecule has 0 spiro atoms. The number of nitrogens with zero attached hydrogens (tertiary/aromatic N) is 4. The molecule has 0 radical (unpaired) electrons. The summed E-state index contributed by atoms with van der Waals surface area (Å²) in [5.74, 6) is -9.58. The van der Waals surface area contributed by atoms with Gasteiger partial charge in [0.05, 0.1) is 6.04 Å². The average molecular weight is 1290 g/mol. The summed E-state index contributed by atoms with van der Waals surface area (Å²) in [7, 11) is 0. The molecule has 32 nitrogen and oxygen atoms in total. The van der Waals surface area contributed by atoms with Gasteiger partial charge in [0, 0.05) is 56.1 Å². The Labute approximate surface area is 536 Å². The lowest BCUT2D eigenvalue weighted by Crippen LogP contribution is -2.61. The summed E-state index contributed by atoms with van der Waals surface area (Å²) in [6, 6.07) is -4.99. The number of aromatic nitrogens is 1. The molecule has 2 aliphatic heterocycles. The first-order chi connectivity index (χ1) is 43.8. The number of carboxylic acids is 1. The highest BCUT2D eigenvalue weighted by Crippen LogP contribution is 2.24. The van der Waals surface area contributed by atoms with E-state index in [1.165, 1.54) is 9.80 Å². The van der Waals surface area contributed by atoms with E-state index >= 15 is 0 Å². The number of rotatable bonds is 41. The van der Waals surface area contributed by atoms with Gasteiger partial charge in [-0.15, -0.1) is 0 Å². The molecule has 10 atom stereocenters. The summed E-state index contributed by atoms with van der Waals surface area (Å²) in [6.45, 7) is 6.39. The van der Waals surface area contributed by atoms with Crippen LogP contribution in [0.15, 0.2) is 40.4 Å². The number of guanidine groups is 2. The summed E-state index contributed by atoms with van der Waals surface area (Å²) in [5, 5.41) is 29.4. The van der Waals surface area contributed by atoms with Gasteiger partial charge in [0.2, 0.25) is 59.1 Å². The number of unbranched alkanes of at least 4 members (excludes halogenated alkanes) is 2. The van der Waals surface area contributed by atoms with Crippen LogP contribution in [0.5, 0.6) is 0 Å². The number of nitrogens with two attached hydrogens (primary N) is 8. The second kappa shape index (κ2) is 38.9. The van der Waals surface area contributed by atoms with E-state index in [0.717, 1.165) is 10.9 Å². The van der Waals surface area contributed by atoms with Crippen molar-refractivity contribution in [3.8, 4) is 0 Å².